The van der Waals surface area contributed by atoms with Gasteiger partial charge in [-0.1, -0.05) is 24.3 Å². The number of allylic oxidation sites excluding steroid dienone is 2. The predicted molar refractivity (Wildman–Crippen MR) is 69.9 cm³/mol. The number of nitrogens with zero attached hydrogens (tertiary/aromatic N) is 1. The monoisotopic (exact) mass is 230 g/mol. The van der Waals surface area contributed by atoms with Crippen molar-refractivity contribution in [3.8, 4) is 0 Å². The molecule has 0 heterocycles. The van der Waals surface area contributed by atoms with Crippen molar-refractivity contribution in [3.63, 3.8) is 0 Å². The van der Waals surface area contributed by atoms with Gasteiger partial charge in [-0.05, 0) is 37.8 Å². The van der Waals surface area contributed by atoms with Crippen LogP contribution >= 0.6 is 0 Å². The van der Waals surface area contributed by atoms with Gasteiger partial charge in [0.1, 0.15) is 0 Å². The molecule has 3 heteroatoms. The van der Waals surface area contributed by atoms with Crippen molar-refractivity contribution in [3.05, 3.63) is 42.1 Å². The molecule has 0 unspecified atom stereocenters. The van der Waals surface area contributed by atoms with Crippen LogP contribution in [0.25, 0.3) is 0 Å². The molecule has 3 nitrogen and oxygen atoms in total. The highest BCUT2D eigenvalue weighted by atomic mass is 16.2. The largest absolute Gasteiger partial charge is 0.340 e. The highest BCUT2D eigenvalue weighted by Crippen LogP contribution is 2.26. The standard InChI is InChI=1S/C14H18N2O/c1-15-14(17)16(12-8-4-2-5-9-12)13-10-6-3-7-11-13/h2,4-5,8-10H,3,6-7,11H2,1H3,(H,15,17). The van der Waals surface area contributed by atoms with Gasteiger partial charge in [0.05, 0.1) is 5.69 Å². The lowest BCUT2D eigenvalue weighted by molar-refractivity contribution is 0.249. The van der Waals surface area contributed by atoms with Crippen LogP contribution in [0.3, 0.4) is 0 Å². The van der Waals surface area contributed by atoms with Gasteiger partial charge < -0.3 is 5.32 Å². The number of rotatable bonds is 2. The van der Waals surface area contributed by atoms with Crippen LogP contribution in [0, 0.1) is 0 Å². The summed E-state index contributed by atoms with van der Waals surface area (Å²) in [4.78, 5) is 13.8. The van der Waals surface area contributed by atoms with Crippen LogP contribution in [-0.4, -0.2) is 13.1 Å². The Morgan fingerprint density at radius 1 is 1.24 bits per heavy atom. The fourth-order valence-corrected chi connectivity index (χ4v) is 2.13. The van der Waals surface area contributed by atoms with Crippen LogP contribution in [0.2, 0.25) is 0 Å². The summed E-state index contributed by atoms with van der Waals surface area (Å²) < 4.78 is 0. The molecule has 0 spiro atoms. The molecule has 2 rings (SSSR count). The van der Waals surface area contributed by atoms with E-state index in [1.165, 1.54) is 6.42 Å². The zero-order valence-electron chi connectivity index (χ0n) is 10.1. The van der Waals surface area contributed by atoms with E-state index < -0.39 is 0 Å². The normalized spacial score (nSPS) is 15.0. The predicted octanol–water partition coefficient (Wildman–Crippen LogP) is 3.29. The Labute approximate surface area is 102 Å². The molecule has 1 aliphatic carbocycles. The zero-order chi connectivity index (χ0) is 12.1. The van der Waals surface area contributed by atoms with Gasteiger partial charge in [-0.25, -0.2) is 4.79 Å². The van der Waals surface area contributed by atoms with Crippen molar-refractivity contribution in [2.24, 2.45) is 0 Å². The van der Waals surface area contributed by atoms with Gasteiger partial charge in [0, 0.05) is 12.7 Å². The minimum atomic E-state index is -0.0654. The number of carbonyl (C=O) groups is 1. The maximum atomic E-state index is 12.0. The molecule has 17 heavy (non-hydrogen) atoms. The van der Waals surface area contributed by atoms with Crippen molar-refractivity contribution in [2.75, 3.05) is 11.9 Å². The smallest absolute Gasteiger partial charge is 0.325 e. The first-order chi connectivity index (χ1) is 8.33. The number of hydrogen-bond acceptors (Lipinski definition) is 1. The molecule has 0 aliphatic heterocycles. The highest BCUT2D eigenvalue weighted by molar-refractivity contribution is 5.94. The van der Waals surface area contributed by atoms with Crippen molar-refractivity contribution in [1.29, 1.82) is 0 Å². The van der Waals surface area contributed by atoms with Gasteiger partial charge in [0.25, 0.3) is 0 Å². The Hall–Kier alpha value is -1.77. The summed E-state index contributed by atoms with van der Waals surface area (Å²) >= 11 is 0. The third-order valence-corrected chi connectivity index (χ3v) is 2.99. The lowest BCUT2D eigenvalue weighted by atomic mass is 10.0. The van der Waals surface area contributed by atoms with E-state index in [1.807, 2.05) is 30.3 Å². The molecular formula is C14H18N2O. The highest BCUT2D eigenvalue weighted by Gasteiger charge is 2.19. The Kier molecular flexibility index (Phi) is 3.81. The number of carbonyl (C=O) groups excluding carboxylic acids is 1. The van der Waals surface area contributed by atoms with Crippen LogP contribution < -0.4 is 10.2 Å². The van der Waals surface area contributed by atoms with Crippen molar-refractivity contribution >= 4 is 11.7 Å². The van der Waals surface area contributed by atoms with E-state index in [0.29, 0.717) is 0 Å². The number of para-hydroxylation sites is 1. The van der Waals surface area contributed by atoms with Gasteiger partial charge in [-0.3, -0.25) is 4.90 Å². The lowest BCUT2D eigenvalue weighted by Gasteiger charge is -2.27. The second-order valence-corrected chi connectivity index (χ2v) is 4.17. The molecule has 1 aliphatic rings. The lowest BCUT2D eigenvalue weighted by Crippen LogP contribution is -2.37. The summed E-state index contributed by atoms with van der Waals surface area (Å²) in [5, 5.41) is 2.71. The molecule has 0 fully saturated rings. The van der Waals surface area contributed by atoms with Crippen LogP contribution in [0.15, 0.2) is 42.1 Å². The van der Waals surface area contributed by atoms with Gasteiger partial charge in [-0.2, -0.15) is 0 Å². The fraction of sp³-hybridized carbons (Fsp3) is 0.357. The third kappa shape index (κ3) is 2.67. The van der Waals surface area contributed by atoms with Crippen LogP contribution in [0.4, 0.5) is 10.5 Å². The number of anilines is 1. The average Bonchev–Trinajstić information content (AvgIpc) is 2.41. The number of benzene rings is 1. The fourth-order valence-electron chi connectivity index (χ4n) is 2.13. The Morgan fingerprint density at radius 2 is 2.00 bits per heavy atom. The van der Waals surface area contributed by atoms with E-state index in [-0.39, 0.29) is 6.03 Å². The molecule has 0 atom stereocenters. The molecule has 0 aromatic heterocycles. The second kappa shape index (κ2) is 5.53. The molecule has 0 radical (unpaired) electrons. The van der Waals surface area contributed by atoms with Gasteiger partial charge >= 0.3 is 6.03 Å². The second-order valence-electron chi connectivity index (χ2n) is 4.17. The van der Waals surface area contributed by atoms with Crippen LogP contribution in [-0.2, 0) is 0 Å². The Bertz CT molecular complexity index is 411. The van der Waals surface area contributed by atoms with Gasteiger partial charge in [0.2, 0.25) is 0 Å². The van der Waals surface area contributed by atoms with E-state index in [0.717, 1.165) is 30.6 Å². The molecule has 1 N–H and O–H groups in total. The van der Waals surface area contributed by atoms with E-state index in [4.69, 9.17) is 0 Å². The van der Waals surface area contributed by atoms with Gasteiger partial charge in [-0.15, -0.1) is 0 Å². The summed E-state index contributed by atoms with van der Waals surface area (Å²) in [7, 11) is 1.67. The molecule has 90 valence electrons. The summed E-state index contributed by atoms with van der Waals surface area (Å²) in [5.74, 6) is 0. The van der Waals surface area contributed by atoms with E-state index in [1.54, 1.807) is 11.9 Å². The Balaban J connectivity index is 2.31. The quantitative estimate of drug-likeness (QED) is 0.830. The van der Waals surface area contributed by atoms with Crippen LogP contribution in [0.5, 0.6) is 0 Å². The first-order valence-electron chi connectivity index (χ1n) is 6.09. The number of amides is 2. The third-order valence-electron chi connectivity index (χ3n) is 2.99. The molecule has 0 saturated carbocycles. The minimum absolute atomic E-state index is 0.0654. The minimum Gasteiger partial charge on any atom is -0.340 e. The first-order valence-corrected chi connectivity index (χ1v) is 6.09. The van der Waals surface area contributed by atoms with Crippen LogP contribution in [0.1, 0.15) is 25.7 Å². The SMILES string of the molecule is CNC(=O)N(C1=CCCCC1)c1ccccc1. The molecular weight excluding hydrogens is 212 g/mol. The van der Waals surface area contributed by atoms with E-state index >= 15 is 0 Å². The maximum absolute atomic E-state index is 12.0. The number of urea groups is 1. The summed E-state index contributed by atoms with van der Waals surface area (Å²) in [6.07, 6.45) is 6.59. The van der Waals surface area contributed by atoms with E-state index in [2.05, 4.69) is 11.4 Å². The summed E-state index contributed by atoms with van der Waals surface area (Å²) in [6, 6.07) is 9.73. The summed E-state index contributed by atoms with van der Waals surface area (Å²) in [5.41, 5.74) is 2.04. The summed E-state index contributed by atoms with van der Waals surface area (Å²) in [6.45, 7) is 0. The Morgan fingerprint density at radius 3 is 2.59 bits per heavy atom. The topological polar surface area (TPSA) is 32.3 Å². The van der Waals surface area contributed by atoms with Crippen molar-refractivity contribution in [1.82, 2.24) is 5.32 Å². The van der Waals surface area contributed by atoms with E-state index in [9.17, 15) is 4.79 Å². The molecule has 1 aromatic rings. The number of hydrogen-bond donors (Lipinski definition) is 1. The zero-order valence-corrected chi connectivity index (χ0v) is 10.1. The number of nitrogens with one attached hydrogen (secondary N) is 1. The molecule has 1 aromatic carbocycles. The maximum Gasteiger partial charge on any atom is 0.325 e. The van der Waals surface area contributed by atoms with Gasteiger partial charge in [0.15, 0.2) is 0 Å². The molecule has 0 saturated heterocycles. The molecule has 2 amide bonds. The van der Waals surface area contributed by atoms with Crippen molar-refractivity contribution < 1.29 is 4.79 Å². The van der Waals surface area contributed by atoms with Crippen molar-refractivity contribution in [2.45, 2.75) is 25.7 Å². The molecule has 0 bridgehead atoms. The average molecular weight is 230 g/mol. The first kappa shape index (κ1) is 11.7.